The van der Waals surface area contributed by atoms with Gasteiger partial charge in [0, 0.05) is 80.1 Å². The molecule has 9 rings (SSSR count). The average Bonchev–Trinajstić information content (AvgIpc) is 3.93. The van der Waals surface area contributed by atoms with Crippen LogP contribution in [0.3, 0.4) is 0 Å². The molecule has 3 aromatic heterocycles. The van der Waals surface area contributed by atoms with E-state index in [1.165, 1.54) is 22.8 Å². The predicted octanol–water partition coefficient (Wildman–Crippen LogP) is 9.66. The van der Waals surface area contributed by atoms with Crippen molar-refractivity contribution < 1.29 is 36.0 Å². The molecule has 4 heterocycles. The highest BCUT2D eigenvalue weighted by Gasteiger charge is 2.44. The summed E-state index contributed by atoms with van der Waals surface area (Å²) < 4.78 is 79.4. The van der Waals surface area contributed by atoms with Crippen LogP contribution in [0.5, 0.6) is 5.75 Å². The van der Waals surface area contributed by atoms with Gasteiger partial charge in [-0.1, -0.05) is 43.2 Å². The molecule has 19 heteroatoms. The molecular weight excluding hydrogens is 897 g/mol. The van der Waals surface area contributed by atoms with Gasteiger partial charge in [-0.05, 0) is 103 Å². The summed E-state index contributed by atoms with van der Waals surface area (Å²) in [6.45, 7) is 7.68. The molecule has 2 aliphatic carbocycles. The van der Waals surface area contributed by atoms with E-state index in [0.29, 0.717) is 46.5 Å². The highest BCUT2D eigenvalue weighted by molar-refractivity contribution is 7.90. The number of H-pyrrole nitrogens is 1. The maximum Gasteiger partial charge on any atom is 0.312 e. The lowest BCUT2D eigenvalue weighted by atomic mass is 9.72. The van der Waals surface area contributed by atoms with E-state index in [2.05, 4.69) is 55.6 Å². The number of ether oxygens (including phenoxy) is 1. The Hall–Kier alpha value is -5.98. The molecule has 2 N–H and O–H groups in total. The van der Waals surface area contributed by atoms with Crippen LogP contribution in [0, 0.1) is 15.5 Å². The van der Waals surface area contributed by atoms with E-state index < -0.39 is 81.1 Å². The summed E-state index contributed by atoms with van der Waals surface area (Å²) in [4.78, 5) is 38.4. The number of fused-ring (bicyclic) bond motifs is 2. The molecule has 1 saturated carbocycles. The quantitative estimate of drug-likeness (QED) is 0.0890. The number of hydrogen-bond acceptors (Lipinski definition) is 10. The zero-order valence-corrected chi connectivity index (χ0v) is 37.9. The average molecular weight is 945 g/mol. The zero-order valence-electron chi connectivity index (χ0n) is 36.3. The molecule has 0 unspecified atom stereocenters. The largest absolute Gasteiger partial charge is 0.483 e. The van der Waals surface area contributed by atoms with E-state index in [4.69, 9.17) is 16.3 Å². The number of alkyl halides is 3. The van der Waals surface area contributed by atoms with Gasteiger partial charge in [0.25, 0.3) is 15.9 Å². The Kier molecular flexibility index (Phi) is 11.9. The first-order valence-electron chi connectivity index (χ1n) is 21.8. The molecule has 66 heavy (non-hydrogen) atoms. The standard InChI is InChI=1S/C47H48ClF3N8O6S/c1-45(2)13-11-32(37(26-45)30-3-5-33(48)6-4-30)28-56-19-21-57(22-20-56)34-7-9-36(39(24-34)58-40-23-31-12-18-52-43(31)54-38(40)27-53-58)44(60)55-66(63,64)35-8-10-42(41(25-35)59(61)62)65-29-46(49)14-16-47(50,51)17-15-46/h3-10,12,18,23-25,27,53H,11,13-17,19-22,26,28-29H2,1-2H3,(H,55,60). The molecule has 1 amide bonds. The number of halogens is 4. The number of carbonyl (C=O) groups is 1. The first-order chi connectivity index (χ1) is 31.3. The molecule has 0 atom stereocenters. The Morgan fingerprint density at radius 2 is 1.70 bits per heavy atom. The Balaban J connectivity index is 0.968. The van der Waals surface area contributed by atoms with Crippen molar-refractivity contribution in [1.29, 1.82) is 0 Å². The van der Waals surface area contributed by atoms with Crippen molar-refractivity contribution in [3.8, 4) is 11.4 Å². The van der Waals surface area contributed by atoms with Crippen LogP contribution >= 0.6 is 11.6 Å². The molecule has 1 saturated heterocycles. The predicted molar refractivity (Wildman–Crippen MR) is 246 cm³/mol. The number of rotatable bonds is 12. The minimum Gasteiger partial charge on any atom is -0.483 e. The minimum atomic E-state index is -4.75. The van der Waals surface area contributed by atoms with Crippen molar-refractivity contribution in [2.45, 2.75) is 75.3 Å². The van der Waals surface area contributed by atoms with E-state index in [0.717, 1.165) is 62.1 Å². The van der Waals surface area contributed by atoms with E-state index in [1.54, 1.807) is 29.2 Å². The molecule has 2 fully saturated rings. The third-order valence-electron chi connectivity index (χ3n) is 13.1. The van der Waals surface area contributed by atoms with Crippen molar-refractivity contribution in [3.63, 3.8) is 0 Å². The second-order valence-electron chi connectivity index (χ2n) is 18.4. The van der Waals surface area contributed by atoms with E-state index in [1.807, 2.05) is 24.3 Å². The molecule has 0 spiro atoms. The number of carbonyl (C=O) groups excluding carboxylic acids is 1. The van der Waals surface area contributed by atoms with Gasteiger partial charge in [0.15, 0.2) is 11.4 Å². The Morgan fingerprint density at radius 1 is 0.955 bits per heavy atom. The number of anilines is 1. The van der Waals surface area contributed by atoms with Crippen LogP contribution in [0.25, 0.3) is 33.3 Å². The van der Waals surface area contributed by atoms with Gasteiger partial charge in [0.05, 0.1) is 26.6 Å². The van der Waals surface area contributed by atoms with Gasteiger partial charge < -0.3 is 9.64 Å². The van der Waals surface area contributed by atoms with Gasteiger partial charge in [-0.25, -0.2) is 36.3 Å². The number of hydrogen-bond donors (Lipinski definition) is 2. The molecule has 14 nitrogen and oxygen atoms in total. The van der Waals surface area contributed by atoms with Crippen LogP contribution in [-0.4, -0.2) is 94.8 Å². The molecule has 0 bridgehead atoms. The number of amides is 1. The Morgan fingerprint density at radius 3 is 2.42 bits per heavy atom. The number of allylic oxidation sites excluding steroid dienone is 1. The van der Waals surface area contributed by atoms with E-state index >= 15 is 4.39 Å². The molecular formula is C47H48ClF3N8O6S. The van der Waals surface area contributed by atoms with Gasteiger partial charge in [-0.2, -0.15) is 0 Å². The van der Waals surface area contributed by atoms with Gasteiger partial charge >= 0.3 is 5.69 Å². The lowest BCUT2D eigenvalue weighted by Crippen LogP contribution is -2.47. The van der Waals surface area contributed by atoms with Crippen molar-refractivity contribution in [2.24, 2.45) is 5.41 Å². The summed E-state index contributed by atoms with van der Waals surface area (Å²) in [5.41, 5.74) is 4.03. The first kappa shape index (κ1) is 45.2. The number of nitro groups is 1. The zero-order chi connectivity index (χ0) is 46.6. The second-order valence-corrected chi connectivity index (χ2v) is 20.5. The lowest BCUT2D eigenvalue weighted by molar-refractivity contribution is -0.386. The van der Waals surface area contributed by atoms with Gasteiger partial charge in [0.1, 0.15) is 17.8 Å². The van der Waals surface area contributed by atoms with Gasteiger partial charge in [-0.15, -0.1) is 0 Å². The van der Waals surface area contributed by atoms with Crippen molar-refractivity contribution >= 4 is 66.5 Å². The van der Waals surface area contributed by atoms with E-state index in [-0.39, 0.29) is 11.0 Å². The van der Waals surface area contributed by atoms with Crippen LogP contribution < -0.4 is 14.4 Å². The third kappa shape index (κ3) is 9.49. The smallest absolute Gasteiger partial charge is 0.312 e. The third-order valence-corrected chi connectivity index (χ3v) is 14.7. The summed E-state index contributed by atoms with van der Waals surface area (Å²) in [6, 6.07) is 19.6. The van der Waals surface area contributed by atoms with Gasteiger partial charge in [-0.3, -0.25) is 29.6 Å². The Labute approximate surface area is 384 Å². The number of nitrogens with one attached hydrogen (secondary N) is 2. The van der Waals surface area contributed by atoms with Crippen LogP contribution in [0.2, 0.25) is 5.02 Å². The fourth-order valence-corrected chi connectivity index (χ4v) is 10.3. The maximum absolute atomic E-state index is 15.3. The number of nitro benzene ring substituents is 1. The molecule has 3 aromatic carbocycles. The van der Waals surface area contributed by atoms with Crippen LogP contribution in [0.15, 0.2) is 95.7 Å². The number of pyridine rings is 1. The summed E-state index contributed by atoms with van der Waals surface area (Å²) in [7, 11) is -4.75. The van der Waals surface area contributed by atoms with Crippen LogP contribution in [0.4, 0.5) is 24.5 Å². The molecule has 346 valence electrons. The number of piperazine rings is 1. The topological polar surface area (TPSA) is 169 Å². The monoisotopic (exact) mass is 944 g/mol. The summed E-state index contributed by atoms with van der Waals surface area (Å²) in [5, 5.41) is 16.7. The van der Waals surface area contributed by atoms with Crippen LogP contribution in [-0.2, 0) is 10.0 Å². The summed E-state index contributed by atoms with van der Waals surface area (Å²) in [5.74, 6) is -4.47. The maximum atomic E-state index is 15.3. The highest BCUT2D eigenvalue weighted by atomic mass is 35.5. The van der Waals surface area contributed by atoms with E-state index in [9.17, 15) is 32.1 Å². The second kappa shape index (κ2) is 17.3. The number of sulfonamides is 1. The summed E-state index contributed by atoms with van der Waals surface area (Å²) in [6.07, 6.45) is 4.02. The number of aromatic nitrogens is 4. The number of aromatic amines is 1. The number of nitrogens with zero attached hydrogens (tertiary/aromatic N) is 6. The number of benzene rings is 3. The Bertz CT molecular complexity index is 2990. The SMILES string of the molecule is CC1(C)CCC(CN2CCN(c3ccc(C(=O)NS(=O)(=O)c4ccc(OCC5(F)CCC(F)(F)CC5)c([N+](=O)[O-])c4)c(-n4[nH]cc5nc6nccc6cc54)c3)CC2)=C(c2ccc(Cl)cc2)C1. The van der Waals surface area contributed by atoms with Crippen molar-refractivity contribution in [1.82, 2.24) is 29.4 Å². The highest BCUT2D eigenvalue weighted by Crippen LogP contribution is 2.44. The molecule has 6 aromatic rings. The van der Waals surface area contributed by atoms with Crippen LogP contribution in [0.1, 0.15) is 74.7 Å². The van der Waals surface area contributed by atoms with Crippen molar-refractivity contribution in [3.05, 3.63) is 117 Å². The fraction of sp³-hybridized carbons (Fsp3) is 0.383. The first-order valence-corrected chi connectivity index (χ1v) is 23.7. The summed E-state index contributed by atoms with van der Waals surface area (Å²) >= 11 is 6.24. The fourth-order valence-electron chi connectivity index (χ4n) is 9.19. The normalized spacial score (nSPS) is 18.7. The van der Waals surface area contributed by atoms with Crippen molar-refractivity contribution in [2.75, 3.05) is 44.2 Å². The molecule has 0 radical (unpaired) electrons. The lowest BCUT2D eigenvalue weighted by Gasteiger charge is -2.39. The minimum absolute atomic E-state index is 0.0296. The molecule has 1 aliphatic heterocycles. The van der Waals surface area contributed by atoms with Gasteiger partial charge in [0.2, 0.25) is 5.92 Å². The molecule has 3 aliphatic rings.